The third-order valence-corrected chi connectivity index (χ3v) is 5.09. The molecule has 0 saturated carbocycles. The van der Waals surface area contributed by atoms with Gasteiger partial charge in [0.25, 0.3) is 0 Å². The molecule has 0 aromatic heterocycles. The van der Waals surface area contributed by atoms with E-state index in [1.165, 1.54) is 14.7 Å². The number of nitrogens with two attached hydrogens (primary N) is 1. The van der Waals surface area contributed by atoms with Gasteiger partial charge in [-0.1, -0.05) is 42.5 Å². The Kier molecular flexibility index (Phi) is 6.68. The maximum absolute atomic E-state index is 6.01. The van der Waals surface area contributed by atoms with Gasteiger partial charge in [-0.25, -0.2) is 0 Å². The molecular formula is C18H22ClIN2. The van der Waals surface area contributed by atoms with Crippen molar-refractivity contribution in [2.75, 3.05) is 19.6 Å². The first kappa shape index (κ1) is 17.7. The van der Waals surface area contributed by atoms with Crippen LogP contribution in [0.4, 0.5) is 0 Å². The van der Waals surface area contributed by atoms with Crippen LogP contribution in [0.15, 0.2) is 54.6 Å². The van der Waals surface area contributed by atoms with Crippen LogP contribution in [0, 0.1) is 9.49 Å². The van der Waals surface area contributed by atoms with Crippen LogP contribution in [-0.4, -0.2) is 24.5 Å². The highest BCUT2D eigenvalue weighted by Crippen LogP contribution is 2.32. The summed E-state index contributed by atoms with van der Waals surface area (Å²) in [7, 11) is 0. The summed E-state index contributed by atoms with van der Waals surface area (Å²) >= 11 is 2.35. The first-order valence-electron chi connectivity index (χ1n) is 7.48. The lowest BCUT2D eigenvalue weighted by molar-refractivity contribution is 0.317. The quantitative estimate of drug-likeness (QED) is 0.749. The molecule has 0 radical (unpaired) electrons. The van der Waals surface area contributed by atoms with Crippen molar-refractivity contribution in [3.8, 4) is 0 Å². The van der Waals surface area contributed by atoms with Gasteiger partial charge in [-0.3, -0.25) is 4.90 Å². The summed E-state index contributed by atoms with van der Waals surface area (Å²) < 4.78 is 1.29. The molecule has 1 aliphatic rings. The van der Waals surface area contributed by atoms with Gasteiger partial charge in [0.15, 0.2) is 0 Å². The molecule has 1 heterocycles. The summed E-state index contributed by atoms with van der Waals surface area (Å²) in [4.78, 5) is 2.54. The smallest absolute Gasteiger partial charge is 0.0234 e. The Hall–Kier alpha value is -0.620. The number of hydrogen-bond acceptors (Lipinski definition) is 2. The SMILES string of the molecule is Cl.NC[C@@H]1CN(Cc2ccc(I)cc2)C[C@H]1c1ccccc1. The summed E-state index contributed by atoms with van der Waals surface area (Å²) in [6, 6.07) is 19.6. The molecule has 4 heteroatoms. The van der Waals surface area contributed by atoms with Crippen LogP contribution in [0.25, 0.3) is 0 Å². The molecule has 22 heavy (non-hydrogen) atoms. The highest BCUT2D eigenvalue weighted by molar-refractivity contribution is 14.1. The van der Waals surface area contributed by atoms with Gasteiger partial charge >= 0.3 is 0 Å². The maximum Gasteiger partial charge on any atom is 0.0234 e. The van der Waals surface area contributed by atoms with Crippen LogP contribution < -0.4 is 5.73 Å². The third kappa shape index (κ3) is 4.22. The lowest BCUT2D eigenvalue weighted by Crippen LogP contribution is -2.23. The average molecular weight is 429 g/mol. The van der Waals surface area contributed by atoms with Gasteiger partial charge in [0.1, 0.15) is 0 Å². The maximum atomic E-state index is 6.01. The molecule has 0 spiro atoms. The Morgan fingerprint density at radius 3 is 2.32 bits per heavy atom. The zero-order valence-electron chi connectivity index (χ0n) is 12.5. The monoisotopic (exact) mass is 428 g/mol. The predicted octanol–water partition coefficient (Wildman–Crippen LogP) is 3.89. The normalized spacial score (nSPS) is 21.5. The fourth-order valence-electron chi connectivity index (χ4n) is 3.25. The summed E-state index contributed by atoms with van der Waals surface area (Å²) in [6.07, 6.45) is 0. The number of rotatable bonds is 4. The lowest BCUT2D eigenvalue weighted by atomic mass is 9.89. The number of nitrogens with zero attached hydrogens (tertiary/aromatic N) is 1. The van der Waals surface area contributed by atoms with E-state index in [-0.39, 0.29) is 12.4 Å². The van der Waals surface area contributed by atoms with Crippen LogP contribution >= 0.6 is 35.0 Å². The molecule has 1 fully saturated rings. The van der Waals surface area contributed by atoms with Gasteiger partial charge in [0, 0.05) is 29.1 Å². The van der Waals surface area contributed by atoms with E-state index in [2.05, 4.69) is 82.1 Å². The summed E-state index contributed by atoms with van der Waals surface area (Å²) in [6.45, 7) is 4.00. The molecule has 2 nitrogen and oxygen atoms in total. The molecule has 2 aromatic rings. The van der Waals surface area contributed by atoms with E-state index in [0.29, 0.717) is 11.8 Å². The molecule has 0 unspecified atom stereocenters. The summed E-state index contributed by atoms with van der Waals surface area (Å²) in [5.41, 5.74) is 8.83. The van der Waals surface area contributed by atoms with E-state index in [0.717, 1.165) is 26.2 Å². The van der Waals surface area contributed by atoms with Crippen molar-refractivity contribution >= 4 is 35.0 Å². The van der Waals surface area contributed by atoms with E-state index in [4.69, 9.17) is 5.73 Å². The predicted molar refractivity (Wildman–Crippen MR) is 103 cm³/mol. The van der Waals surface area contributed by atoms with Gasteiger partial charge in [0.2, 0.25) is 0 Å². The van der Waals surface area contributed by atoms with E-state index < -0.39 is 0 Å². The highest BCUT2D eigenvalue weighted by atomic mass is 127. The minimum absolute atomic E-state index is 0. The van der Waals surface area contributed by atoms with Gasteiger partial charge in [-0.2, -0.15) is 0 Å². The Bertz CT molecular complexity index is 573. The zero-order valence-corrected chi connectivity index (χ0v) is 15.5. The van der Waals surface area contributed by atoms with E-state index >= 15 is 0 Å². The van der Waals surface area contributed by atoms with Gasteiger partial charge < -0.3 is 5.73 Å². The van der Waals surface area contributed by atoms with Crippen molar-refractivity contribution < 1.29 is 0 Å². The van der Waals surface area contributed by atoms with Gasteiger partial charge in [0.05, 0.1) is 0 Å². The lowest BCUT2D eigenvalue weighted by Gasteiger charge is -2.17. The van der Waals surface area contributed by atoms with E-state index in [1.54, 1.807) is 0 Å². The average Bonchev–Trinajstić information content (AvgIpc) is 2.93. The molecular weight excluding hydrogens is 407 g/mol. The molecule has 1 saturated heterocycles. The second kappa shape index (κ2) is 8.29. The van der Waals surface area contributed by atoms with Crippen molar-refractivity contribution in [3.05, 3.63) is 69.3 Å². The fraction of sp³-hybridized carbons (Fsp3) is 0.333. The van der Waals surface area contributed by atoms with Crippen LogP contribution in [0.3, 0.4) is 0 Å². The van der Waals surface area contributed by atoms with Crippen LogP contribution in [0.2, 0.25) is 0 Å². The molecule has 0 bridgehead atoms. The molecule has 0 aliphatic carbocycles. The first-order valence-corrected chi connectivity index (χ1v) is 8.56. The standard InChI is InChI=1S/C18H21IN2.ClH/c19-17-8-6-14(7-9-17)11-21-12-16(10-20)18(13-21)15-4-2-1-3-5-15;/h1-9,16,18H,10-13,20H2;1H/t16-,18+;/m1./s1. The van der Waals surface area contributed by atoms with E-state index in [1.807, 2.05) is 0 Å². The Balaban J connectivity index is 0.00000176. The second-order valence-corrected chi connectivity index (χ2v) is 7.08. The number of halogens is 2. The number of benzene rings is 2. The Morgan fingerprint density at radius 1 is 1.00 bits per heavy atom. The molecule has 3 rings (SSSR count). The van der Waals surface area contributed by atoms with Crippen LogP contribution in [-0.2, 0) is 6.54 Å². The van der Waals surface area contributed by atoms with Gasteiger partial charge in [-0.05, 0) is 58.3 Å². The largest absolute Gasteiger partial charge is 0.330 e. The Morgan fingerprint density at radius 2 is 1.68 bits per heavy atom. The minimum atomic E-state index is 0. The molecule has 118 valence electrons. The van der Waals surface area contributed by atoms with E-state index in [9.17, 15) is 0 Å². The third-order valence-electron chi connectivity index (χ3n) is 4.37. The topological polar surface area (TPSA) is 29.3 Å². The Labute approximate surface area is 152 Å². The van der Waals surface area contributed by atoms with Crippen molar-refractivity contribution in [1.29, 1.82) is 0 Å². The fourth-order valence-corrected chi connectivity index (χ4v) is 3.61. The molecule has 0 amide bonds. The molecule has 2 N–H and O–H groups in total. The van der Waals surface area contributed by atoms with Crippen molar-refractivity contribution in [2.24, 2.45) is 11.7 Å². The number of likely N-dealkylation sites (tertiary alicyclic amines) is 1. The molecule has 2 aromatic carbocycles. The van der Waals surface area contributed by atoms with Crippen molar-refractivity contribution in [2.45, 2.75) is 12.5 Å². The highest BCUT2D eigenvalue weighted by Gasteiger charge is 2.32. The second-order valence-electron chi connectivity index (χ2n) is 5.83. The number of hydrogen-bond donors (Lipinski definition) is 1. The van der Waals surface area contributed by atoms with Crippen LogP contribution in [0.1, 0.15) is 17.0 Å². The zero-order chi connectivity index (χ0) is 14.7. The summed E-state index contributed by atoms with van der Waals surface area (Å²) in [5, 5.41) is 0. The molecule has 1 aliphatic heterocycles. The molecule has 2 atom stereocenters. The summed E-state index contributed by atoms with van der Waals surface area (Å²) in [5.74, 6) is 1.14. The first-order chi connectivity index (χ1) is 10.3. The van der Waals surface area contributed by atoms with Crippen molar-refractivity contribution in [1.82, 2.24) is 4.90 Å². The van der Waals surface area contributed by atoms with Crippen molar-refractivity contribution in [3.63, 3.8) is 0 Å². The van der Waals surface area contributed by atoms with Gasteiger partial charge in [-0.15, -0.1) is 12.4 Å². The minimum Gasteiger partial charge on any atom is -0.330 e. The van der Waals surface area contributed by atoms with Crippen LogP contribution in [0.5, 0.6) is 0 Å².